The second kappa shape index (κ2) is 8.80. The molecule has 0 heterocycles. The fourth-order valence-corrected chi connectivity index (χ4v) is 2.52. The molecule has 94 valence electrons. The van der Waals surface area contributed by atoms with Gasteiger partial charge in [-0.2, -0.15) is 11.8 Å². The summed E-state index contributed by atoms with van der Waals surface area (Å²) >= 11 is 4.09. The second-order valence-corrected chi connectivity index (χ2v) is 6.05. The lowest BCUT2D eigenvalue weighted by molar-refractivity contribution is 0.0953. The van der Waals surface area contributed by atoms with Crippen LogP contribution in [0.1, 0.15) is 29.6 Å². The van der Waals surface area contributed by atoms with Crippen molar-refractivity contribution in [1.29, 1.82) is 0 Å². The van der Waals surface area contributed by atoms with E-state index in [0.717, 1.165) is 22.1 Å². The molecule has 1 aromatic carbocycles. The fourth-order valence-electron chi connectivity index (χ4n) is 1.48. The third-order valence-corrected chi connectivity index (χ3v) is 3.77. The van der Waals surface area contributed by atoms with Crippen molar-refractivity contribution in [2.75, 3.05) is 18.6 Å². The van der Waals surface area contributed by atoms with Gasteiger partial charge in [0.1, 0.15) is 0 Å². The molecule has 1 aromatic rings. The van der Waals surface area contributed by atoms with Crippen molar-refractivity contribution in [1.82, 2.24) is 5.32 Å². The molecule has 0 aliphatic heterocycles. The quantitative estimate of drug-likeness (QED) is 0.593. The molecular weight excluding hydrogens is 345 g/mol. The molecule has 0 unspecified atom stereocenters. The maximum absolute atomic E-state index is 11.8. The van der Waals surface area contributed by atoms with E-state index in [0.29, 0.717) is 0 Å². The molecule has 1 N–H and O–H groups in total. The topological polar surface area (TPSA) is 29.1 Å². The van der Waals surface area contributed by atoms with E-state index in [1.165, 1.54) is 18.6 Å². The summed E-state index contributed by atoms with van der Waals surface area (Å²) in [4.78, 5) is 11.8. The average molecular weight is 363 g/mol. The molecule has 0 aromatic heterocycles. The number of carbonyl (C=O) groups excluding carboxylic acids is 1. The monoisotopic (exact) mass is 363 g/mol. The van der Waals surface area contributed by atoms with E-state index in [1.54, 1.807) is 0 Å². The van der Waals surface area contributed by atoms with Gasteiger partial charge in [-0.15, -0.1) is 0 Å². The van der Waals surface area contributed by atoms with Crippen LogP contribution in [0.15, 0.2) is 24.3 Å². The van der Waals surface area contributed by atoms with Gasteiger partial charge in [-0.05, 0) is 65.6 Å². The minimum Gasteiger partial charge on any atom is -0.352 e. The molecule has 0 radical (unpaired) electrons. The minimum absolute atomic E-state index is 0.0355. The molecule has 0 saturated carbocycles. The Kier molecular flexibility index (Phi) is 7.68. The molecule has 1 rings (SSSR count). The normalized spacial score (nSPS) is 10.2. The van der Waals surface area contributed by atoms with Crippen LogP contribution in [0.5, 0.6) is 0 Å². The van der Waals surface area contributed by atoms with Crippen LogP contribution in [0.2, 0.25) is 0 Å². The van der Waals surface area contributed by atoms with Gasteiger partial charge < -0.3 is 5.32 Å². The van der Waals surface area contributed by atoms with E-state index >= 15 is 0 Å². The highest BCUT2D eigenvalue weighted by Gasteiger charge is 2.04. The summed E-state index contributed by atoms with van der Waals surface area (Å²) in [6, 6.07) is 7.66. The number of rotatable bonds is 7. The summed E-state index contributed by atoms with van der Waals surface area (Å²) in [6.07, 6.45) is 5.61. The van der Waals surface area contributed by atoms with E-state index in [4.69, 9.17) is 0 Å². The van der Waals surface area contributed by atoms with Crippen molar-refractivity contribution in [3.63, 3.8) is 0 Å². The van der Waals surface area contributed by atoms with E-state index in [1.807, 2.05) is 36.0 Å². The molecule has 0 aliphatic rings. The number of hydrogen-bond donors (Lipinski definition) is 1. The Balaban J connectivity index is 2.21. The van der Waals surface area contributed by atoms with Gasteiger partial charge in [-0.1, -0.05) is 12.5 Å². The lowest BCUT2D eigenvalue weighted by atomic mass is 10.2. The van der Waals surface area contributed by atoms with Crippen molar-refractivity contribution >= 4 is 40.3 Å². The molecule has 4 heteroatoms. The smallest absolute Gasteiger partial charge is 0.251 e. The van der Waals surface area contributed by atoms with Gasteiger partial charge in [0.25, 0.3) is 5.91 Å². The molecular formula is C13H18INOS. The maximum atomic E-state index is 11.8. The first-order valence-corrected chi connectivity index (χ1v) is 8.24. The Hall–Kier alpha value is -0.230. The van der Waals surface area contributed by atoms with Crippen LogP contribution >= 0.6 is 34.4 Å². The molecule has 0 spiro atoms. The predicted octanol–water partition coefficient (Wildman–Crippen LogP) is 3.55. The van der Waals surface area contributed by atoms with Crippen LogP contribution in [0.4, 0.5) is 0 Å². The number of amides is 1. The largest absolute Gasteiger partial charge is 0.352 e. The molecule has 0 aliphatic carbocycles. The molecule has 1 amide bonds. The first kappa shape index (κ1) is 14.8. The Morgan fingerprint density at radius 1 is 1.35 bits per heavy atom. The summed E-state index contributed by atoms with van der Waals surface area (Å²) in [6.45, 7) is 0.776. The lowest BCUT2D eigenvalue weighted by Gasteiger charge is -2.05. The molecule has 0 atom stereocenters. The van der Waals surface area contributed by atoms with Crippen LogP contribution < -0.4 is 5.32 Å². The van der Waals surface area contributed by atoms with Gasteiger partial charge in [0.2, 0.25) is 0 Å². The van der Waals surface area contributed by atoms with Crippen molar-refractivity contribution < 1.29 is 4.79 Å². The maximum Gasteiger partial charge on any atom is 0.251 e. The highest BCUT2D eigenvalue weighted by atomic mass is 127. The fraction of sp³-hybridized carbons (Fsp3) is 0.462. The Bertz CT molecular complexity index is 357. The van der Waals surface area contributed by atoms with E-state index in [-0.39, 0.29) is 5.91 Å². The molecule has 0 bridgehead atoms. The summed E-state index contributed by atoms with van der Waals surface area (Å²) in [7, 11) is 0. The van der Waals surface area contributed by atoms with Crippen molar-refractivity contribution in [3.8, 4) is 0 Å². The Labute approximate surface area is 121 Å². The predicted molar refractivity (Wildman–Crippen MR) is 83.7 cm³/mol. The van der Waals surface area contributed by atoms with Crippen molar-refractivity contribution in [2.45, 2.75) is 19.3 Å². The number of halogens is 1. The summed E-state index contributed by atoms with van der Waals surface area (Å²) in [5, 5.41) is 2.95. The van der Waals surface area contributed by atoms with Gasteiger partial charge >= 0.3 is 0 Å². The number of carbonyl (C=O) groups is 1. The zero-order valence-electron chi connectivity index (χ0n) is 10.0. The van der Waals surface area contributed by atoms with Gasteiger partial charge in [0.05, 0.1) is 0 Å². The molecule has 0 saturated heterocycles. The first-order valence-electron chi connectivity index (χ1n) is 5.76. The minimum atomic E-state index is 0.0355. The average Bonchev–Trinajstić information content (AvgIpc) is 2.33. The van der Waals surface area contributed by atoms with Crippen LogP contribution in [0.3, 0.4) is 0 Å². The standard InChI is InChI=1S/C13H18INOS/c1-17-9-4-2-3-8-15-13(16)11-6-5-7-12(14)10-11/h5-7,10H,2-4,8-9H2,1H3,(H,15,16). The second-order valence-electron chi connectivity index (χ2n) is 3.82. The number of unbranched alkanes of at least 4 members (excludes halogenated alkanes) is 2. The van der Waals surface area contributed by atoms with E-state index in [9.17, 15) is 4.79 Å². The Morgan fingerprint density at radius 3 is 2.88 bits per heavy atom. The lowest BCUT2D eigenvalue weighted by Crippen LogP contribution is -2.24. The molecule has 17 heavy (non-hydrogen) atoms. The summed E-state index contributed by atoms with van der Waals surface area (Å²) in [5.74, 6) is 1.25. The van der Waals surface area contributed by atoms with Gasteiger partial charge in [-0.3, -0.25) is 4.79 Å². The number of hydrogen-bond acceptors (Lipinski definition) is 2. The van der Waals surface area contributed by atoms with Gasteiger partial charge in [0, 0.05) is 15.7 Å². The van der Waals surface area contributed by atoms with Crippen LogP contribution in [-0.4, -0.2) is 24.5 Å². The Morgan fingerprint density at radius 2 is 2.18 bits per heavy atom. The van der Waals surface area contributed by atoms with Crippen LogP contribution in [-0.2, 0) is 0 Å². The van der Waals surface area contributed by atoms with Crippen LogP contribution in [0, 0.1) is 3.57 Å². The summed E-state index contributed by atoms with van der Waals surface area (Å²) < 4.78 is 1.09. The van der Waals surface area contributed by atoms with Crippen LogP contribution in [0.25, 0.3) is 0 Å². The number of benzene rings is 1. The van der Waals surface area contributed by atoms with Gasteiger partial charge in [-0.25, -0.2) is 0 Å². The highest BCUT2D eigenvalue weighted by molar-refractivity contribution is 14.1. The zero-order chi connectivity index (χ0) is 12.5. The zero-order valence-corrected chi connectivity index (χ0v) is 13.0. The molecule has 2 nitrogen and oxygen atoms in total. The highest BCUT2D eigenvalue weighted by Crippen LogP contribution is 2.07. The van der Waals surface area contributed by atoms with Crippen molar-refractivity contribution in [3.05, 3.63) is 33.4 Å². The van der Waals surface area contributed by atoms with Crippen molar-refractivity contribution in [2.24, 2.45) is 0 Å². The molecule has 0 fully saturated rings. The summed E-state index contributed by atoms with van der Waals surface area (Å²) in [5.41, 5.74) is 0.751. The van der Waals surface area contributed by atoms with E-state index < -0.39 is 0 Å². The third kappa shape index (κ3) is 6.31. The SMILES string of the molecule is CSCCCCCNC(=O)c1cccc(I)c1. The number of nitrogens with one attached hydrogen (secondary N) is 1. The van der Waals surface area contributed by atoms with E-state index in [2.05, 4.69) is 34.2 Å². The first-order chi connectivity index (χ1) is 8.24. The number of thioether (sulfide) groups is 1. The third-order valence-electron chi connectivity index (χ3n) is 2.40. The van der Waals surface area contributed by atoms with Gasteiger partial charge in [0.15, 0.2) is 0 Å².